The normalized spacial score (nSPS) is 14.5. The monoisotopic (exact) mass is 464 g/mol. The van der Waals surface area contributed by atoms with Crippen LogP contribution in [0.3, 0.4) is 0 Å². The van der Waals surface area contributed by atoms with Crippen molar-refractivity contribution < 1.29 is 13.2 Å². The summed E-state index contributed by atoms with van der Waals surface area (Å²) in [5.74, 6) is -0.571. The molecule has 0 spiro atoms. The lowest BCUT2D eigenvalue weighted by Crippen LogP contribution is -2.33. The van der Waals surface area contributed by atoms with E-state index in [1.807, 2.05) is 30.3 Å². The molecule has 1 N–H and O–H groups in total. The van der Waals surface area contributed by atoms with Gasteiger partial charge in [0.05, 0.1) is 16.8 Å². The number of carbonyl (C=O) groups excluding carboxylic acids is 1. The zero-order valence-electron chi connectivity index (χ0n) is 17.5. The number of para-hydroxylation sites is 1. The minimum atomic E-state index is -3.56. The maximum Gasteiger partial charge on any atom is 0.283 e. The maximum atomic E-state index is 12.8. The summed E-state index contributed by atoms with van der Waals surface area (Å²) >= 11 is 0. The molecule has 0 radical (unpaired) electrons. The summed E-state index contributed by atoms with van der Waals surface area (Å²) in [6, 6.07) is 14.9. The van der Waals surface area contributed by atoms with E-state index in [0.717, 1.165) is 23.2 Å². The highest BCUT2D eigenvalue weighted by Gasteiger charge is 2.27. The topological polar surface area (TPSA) is 119 Å². The molecule has 0 saturated carbocycles. The highest BCUT2D eigenvalue weighted by Crippen LogP contribution is 2.21. The Labute approximate surface area is 189 Å². The molecule has 0 unspecified atom stereocenters. The highest BCUT2D eigenvalue weighted by molar-refractivity contribution is 7.89. The molecule has 0 aliphatic carbocycles. The Kier molecular flexibility index (Phi) is 5.27. The van der Waals surface area contributed by atoms with E-state index in [2.05, 4.69) is 15.5 Å². The summed E-state index contributed by atoms with van der Waals surface area (Å²) in [4.78, 5) is 29.9. The van der Waals surface area contributed by atoms with Crippen LogP contribution in [0.15, 0.2) is 76.8 Å². The van der Waals surface area contributed by atoms with E-state index in [0.29, 0.717) is 18.7 Å². The maximum absolute atomic E-state index is 12.8. The predicted molar refractivity (Wildman–Crippen MR) is 121 cm³/mol. The Bertz CT molecular complexity index is 1490. The van der Waals surface area contributed by atoms with Crippen LogP contribution in [0.5, 0.6) is 0 Å². The van der Waals surface area contributed by atoms with Crippen molar-refractivity contribution in [3.05, 3.63) is 83.0 Å². The zero-order valence-corrected chi connectivity index (χ0v) is 18.3. The molecule has 10 nitrogen and oxygen atoms in total. The predicted octanol–water partition coefficient (Wildman–Crippen LogP) is 1.75. The number of hydrogen-bond donors (Lipinski definition) is 1. The number of sulfonamides is 1. The third-order valence-electron chi connectivity index (χ3n) is 5.53. The molecular weight excluding hydrogens is 444 g/mol. The van der Waals surface area contributed by atoms with Gasteiger partial charge in [-0.05, 0) is 49.2 Å². The second-order valence-corrected chi connectivity index (χ2v) is 9.56. The summed E-state index contributed by atoms with van der Waals surface area (Å²) in [6.45, 7) is 1.01. The fourth-order valence-electron chi connectivity index (χ4n) is 3.78. The average molecular weight is 465 g/mol. The second-order valence-electron chi connectivity index (χ2n) is 7.63. The number of nitrogens with one attached hydrogen (secondary N) is 1. The average Bonchev–Trinajstić information content (AvgIpc) is 3.53. The van der Waals surface area contributed by atoms with Gasteiger partial charge in [-0.1, -0.05) is 18.2 Å². The minimum Gasteiger partial charge on any atom is -0.267 e. The van der Waals surface area contributed by atoms with Crippen molar-refractivity contribution in [2.24, 2.45) is 0 Å². The molecule has 5 rings (SSSR count). The largest absolute Gasteiger partial charge is 0.283 e. The summed E-state index contributed by atoms with van der Waals surface area (Å²) in [5.41, 5.74) is 3.34. The van der Waals surface area contributed by atoms with Gasteiger partial charge in [0.1, 0.15) is 11.7 Å². The van der Waals surface area contributed by atoms with E-state index >= 15 is 0 Å². The molecule has 2 aromatic heterocycles. The minimum absolute atomic E-state index is 0.134. The number of aromatic nitrogens is 4. The van der Waals surface area contributed by atoms with Crippen LogP contribution in [0.1, 0.15) is 23.2 Å². The number of fused-ring (bicyclic) bond motifs is 1. The van der Waals surface area contributed by atoms with Gasteiger partial charge in [-0.15, -0.1) is 0 Å². The molecule has 1 saturated heterocycles. The third kappa shape index (κ3) is 3.81. The van der Waals surface area contributed by atoms with Crippen LogP contribution in [0.4, 0.5) is 0 Å². The number of hydrogen-bond acceptors (Lipinski definition) is 6. The Morgan fingerprint density at radius 1 is 0.970 bits per heavy atom. The standard InChI is InChI=1S/C22H20N6O4S/c29-21(16-8-10-18(11-9-16)33(31,32)26-12-4-5-13-26)25-27-15-23-20-19(22(27)30)14-24-28(20)17-6-2-1-3-7-17/h1-3,6-11,14-15H,4-5,12-13H2,(H,25,29). The van der Waals surface area contributed by atoms with Crippen molar-refractivity contribution >= 4 is 27.0 Å². The van der Waals surface area contributed by atoms with Crippen molar-refractivity contribution in [2.75, 3.05) is 18.5 Å². The van der Waals surface area contributed by atoms with Gasteiger partial charge in [-0.25, -0.2) is 22.8 Å². The summed E-state index contributed by atoms with van der Waals surface area (Å²) < 4.78 is 29.3. The first-order valence-electron chi connectivity index (χ1n) is 10.4. The summed E-state index contributed by atoms with van der Waals surface area (Å²) in [7, 11) is -3.56. The van der Waals surface area contributed by atoms with Crippen LogP contribution in [0.2, 0.25) is 0 Å². The molecule has 4 aromatic rings. The molecule has 1 amide bonds. The molecular formula is C22H20N6O4S. The Hall–Kier alpha value is -3.83. The number of benzene rings is 2. The Morgan fingerprint density at radius 2 is 1.67 bits per heavy atom. The van der Waals surface area contributed by atoms with Crippen LogP contribution in [-0.2, 0) is 10.0 Å². The molecule has 1 fully saturated rings. The van der Waals surface area contributed by atoms with Gasteiger partial charge in [-0.2, -0.15) is 9.40 Å². The molecule has 33 heavy (non-hydrogen) atoms. The number of amides is 1. The van der Waals surface area contributed by atoms with E-state index < -0.39 is 21.5 Å². The molecule has 0 bridgehead atoms. The SMILES string of the molecule is O=C(Nn1cnc2c(cnn2-c2ccccc2)c1=O)c1ccc(S(=O)(=O)N2CCCC2)cc1. The third-order valence-corrected chi connectivity index (χ3v) is 7.44. The molecule has 1 aliphatic rings. The van der Waals surface area contributed by atoms with Crippen LogP contribution in [0, 0.1) is 0 Å². The van der Waals surface area contributed by atoms with Gasteiger partial charge in [0.2, 0.25) is 10.0 Å². The summed E-state index contributed by atoms with van der Waals surface area (Å²) in [5, 5.41) is 4.48. The van der Waals surface area contributed by atoms with Gasteiger partial charge in [0.25, 0.3) is 11.5 Å². The van der Waals surface area contributed by atoms with Crippen molar-refractivity contribution in [1.82, 2.24) is 23.7 Å². The van der Waals surface area contributed by atoms with Crippen LogP contribution in [-0.4, -0.2) is 51.2 Å². The first-order chi connectivity index (χ1) is 15.9. The molecule has 11 heteroatoms. The van der Waals surface area contributed by atoms with Crippen LogP contribution < -0.4 is 11.0 Å². The smallest absolute Gasteiger partial charge is 0.267 e. The van der Waals surface area contributed by atoms with E-state index in [1.54, 1.807) is 4.68 Å². The van der Waals surface area contributed by atoms with Crippen LogP contribution >= 0.6 is 0 Å². The van der Waals surface area contributed by atoms with Crippen molar-refractivity contribution in [1.29, 1.82) is 0 Å². The molecule has 168 valence electrons. The lowest BCUT2D eigenvalue weighted by atomic mass is 10.2. The first kappa shape index (κ1) is 21.0. The van der Waals surface area contributed by atoms with E-state index in [1.165, 1.54) is 41.1 Å². The summed E-state index contributed by atoms with van der Waals surface area (Å²) in [6.07, 6.45) is 4.31. The van der Waals surface area contributed by atoms with E-state index in [9.17, 15) is 18.0 Å². The number of nitrogens with zero attached hydrogens (tertiary/aromatic N) is 5. The number of rotatable bonds is 5. The lowest BCUT2D eigenvalue weighted by molar-refractivity contribution is 0.101. The fraction of sp³-hybridized carbons (Fsp3) is 0.182. The van der Waals surface area contributed by atoms with Crippen molar-refractivity contribution in [3.8, 4) is 5.69 Å². The lowest BCUT2D eigenvalue weighted by Gasteiger charge is -2.15. The van der Waals surface area contributed by atoms with Gasteiger partial charge in [0, 0.05) is 18.7 Å². The second kappa shape index (κ2) is 8.26. The van der Waals surface area contributed by atoms with E-state index in [4.69, 9.17) is 0 Å². The van der Waals surface area contributed by atoms with Gasteiger partial charge in [0.15, 0.2) is 5.65 Å². The fourth-order valence-corrected chi connectivity index (χ4v) is 5.30. The molecule has 2 aromatic carbocycles. The number of carbonyl (C=O) groups is 1. The molecule has 0 atom stereocenters. The van der Waals surface area contributed by atoms with Gasteiger partial charge >= 0.3 is 0 Å². The highest BCUT2D eigenvalue weighted by atomic mass is 32.2. The van der Waals surface area contributed by atoms with E-state index in [-0.39, 0.29) is 15.8 Å². The Balaban J connectivity index is 1.38. The Morgan fingerprint density at radius 3 is 2.36 bits per heavy atom. The van der Waals surface area contributed by atoms with Gasteiger partial charge in [-0.3, -0.25) is 15.0 Å². The van der Waals surface area contributed by atoms with Crippen LogP contribution in [0.25, 0.3) is 16.7 Å². The first-order valence-corrected chi connectivity index (χ1v) is 11.8. The van der Waals surface area contributed by atoms with Gasteiger partial charge < -0.3 is 0 Å². The van der Waals surface area contributed by atoms with Crippen molar-refractivity contribution in [3.63, 3.8) is 0 Å². The quantitative estimate of drug-likeness (QED) is 0.481. The van der Waals surface area contributed by atoms with Crippen molar-refractivity contribution in [2.45, 2.75) is 17.7 Å². The zero-order chi connectivity index (χ0) is 23.0. The molecule has 1 aliphatic heterocycles. The molecule has 3 heterocycles.